The molecule has 18 heavy (non-hydrogen) atoms. The second kappa shape index (κ2) is 3.66. The summed E-state index contributed by atoms with van der Waals surface area (Å²) < 4.78 is 15.0. The number of benzene rings is 1. The van der Waals surface area contributed by atoms with Crippen LogP contribution < -0.4 is 5.43 Å². The predicted octanol–water partition coefficient (Wildman–Crippen LogP) is 2.17. The molecule has 1 saturated carbocycles. The summed E-state index contributed by atoms with van der Waals surface area (Å²) in [5.74, 6) is -1.68. The molecule has 92 valence electrons. The zero-order chi connectivity index (χ0) is 12.9. The van der Waals surface area contributed by atoms with Crippen molar-refractivity contribution in [3.05, 3.63) is 46.0 Å². The summed E-state index contributed by atoms with van der Waals surface area (Å²) in [5.41, 5.74) is -0.358. The van der Waals surface area contributed by atoms with Crippen molar-refractivity contribution in [2.24, 2.45) is 0 Å². The molecule has 0 amide bonds. The lowest BCUT2D eigenvalue weighted by Crippen LogP contribution is -2.18. The summed E-state index contributed by atoms with van der Waals surface area (Å²) in [7, 11) is 0. The van der Waals surface area contributed by atoms with Gasteiger partial charge in [-0.15, -0.1) is 0 Å². The van der Waals surface area contributed by atoms with Gasteiger partial charge in [-0.25, -0.2) is 9.18 Å². The van der Waals surface area contributed by atoms with Gasteiger partial charge in [0.05, 0.1) is 5.52 Å². The number of nitrogens with zero attached hydrogens (tertiary/aromatic N) is 1. The van der Waals surface area contributed by atoms with Crippen LogP contribution in [0.25, 0.3) is 10.9 Å². The number of carboxylic acid groups (broad SMARTS) is 1. The summed E-state index contributed by atoms with van der Waals surface area (Å²) in [6, 6.07) is 3.97. The lowest BCUT2D eigenvalue weighted by Gasteiger charge is -2.11. The largest absolute Gasteiger partial charge is 0.477 e. The molecule has 0 aliphatic heterocycles. The van der Waals surface area contributed by atoms with E-state index in [0.717, 1.165) is 12.8 Å². The Labute approximate surface area is 101 Å². The van der Waals surface area contributed by atoms with Crippen LogP contribution in [0.5, 0.6) is 0 Å². The van der Waals surface area contributed by atoms with E-state index in [9.17, 15) is 14.0 Å². The van der Waals surface area contributed by atoms with E-state index in [0.29, 0.717) is 5.52 Å². The zero-order valence-corrected chi connectivity index (χ0v) is 9.39. The third-order valence-corrected chi connectivity index (χ3v) is 3.17. The van der Waals surface area contributed by atoms with Gasteiger partial charge in [0.25, 0.3) is 0 Å². The molecule has 0 unspecified atom stereocenters. The summed E-state index contributed by atoms with van der Waals surface area (Å²) >= 11 is 0. The standard InChI is InChI=1S/C13H10FNO3/c14-7-1-4-9-11(5-7)15(8-2-3-8)6-10(12(9)16)13(17)18/h1,4-6,8H,2-3H2,(H,17,18). The van der Waals surface area contributed by atoms with E-state index in [2.05, 4.69) is 0 Å². The first-order valence-electron chi connectivity index (χ1n) is 5.65. The Bertz CT molecular complexity index is 716. The SMILES string of the molecule is O=C(O)c1cn(C2CC2)c2cc(F)ccc2c1=O. The molecule has 1 N–H and O–H groups in total. The Kier molecular flexibility index (Phi) is 2.23. The lowest BCUT2D eigenvalue weighted by molar-refractivity contribution is 0.0695. The number of rotatable bonds is 2. The molecule has 0 radical (unpaired) electrons. The van der Waals surface area contributed by atoms with Crippen LogP contribution in [0.4, 0.5) is 4.39 Å². The summed E-state index contributed by atoms with van der Waals surface area (Å²) in [4.78, 5) is 23.0. The first kappa shape index (κ1) is 11.0. The molecule has 4 nitrogen and oxygen atoms in total. The van der Waals surface area contributed by atoms with Crippen molar-refractivity contribution in [3.63, 3.8) is 0 Å². The number of hydrogen-bond donors (Lipinski definition) is 1. The number of pyridine rings is 1. The van der Waals surface area contributed by atoms with Gasteiger partial charge >= 0.3 is 5.97 Å². The number of aromatic carboxylic acids is 1. The first-order valence-corrected chi connectivity index (χ1v) is 5.65. The molecule has 0 atom stereocenters. The van der Waals surface area contributed by atoms with Crippen LogP contribution in [0.2, 0.25) is 0 Å². The topological polar surface area (TPSA) is 59.3 Å². The molecular formula is C13H10FNO3. The maximum Gasteiger partial charge on any atom is 0.341 e. The minimum absolute atomic E-state index is 0.174. The second-order valence-corrected chi connectivity index (χ2v) is 4.48. The fourth-order valence-corrected chi connectivity index (χ4v) is 2.13. The molecular weight excluding hydrogens is 237 g/mol. The Hall–Kier alpha value is -2.17. The molecule has 0 saturated heterocycles. The molecule has 0 bridgehead atoms. The van der Waals surface area contributed by atoms with Crippen molar-refractivity contribution in [3.8, 4) is 0 Å². The molecule has 0 spiro atoms. The normalized spacial score (nSPS) is 14.9. The fraction of sp³-hybridized carbons (Fsp3) is 0.231. The van der Waals surface area contributed by atoms with E-state index in [-0.39, 0.29) is 17.0 Å². The van der Waals surface area contributed by atoms with Gasteiger partial charge in [0.2, 0.25) is 5.43 Å². The van der Waals surface area contributed by atoms with Crippen molar-refractivity contribution >= 4 is 16.9 Å². The second-order valence-electron chi connectivity index (χ2n) is 4.48. The number of fused-ring (bicyclic) bond motifs is 1. The van der Waals surface area contributed by atoms with Crippen molar-refractivity contribution in [1.29, 1.82) is 0 Å². The smallest absolute Gasteiger partial charge is 0.341 e. The van der Waals surface area contributed by atoms with Crippen LogP contribution in [-0.4, -0.2) is 15.6 Å². The Morgan fingerprint density at radius 3 is 2.72 bits per heavy atom. The van der Waals surface area contributed by atoms with Crippen molar-refractivity contribution in [2.45, 2.75) is 18.9 Å². The third-order valence-electron chi connectivity index (χ3n) is 3.17. The maximum absolute atomic E-state index is 13.3. The summed E-state index contributed by atoms with van der Waals surface area (Å²) in [6.45, 7) is 0. The summed E-state index contributed by atoms with van der Waals surface area (Å²) in [6.07, 6.45) is 3.17. The van der Waals surface area contributed by atoms with Crippen LogP contribution in [-0.2, 0) is 0 Å². The molecule has 1 aromatic carbocycles. The Balaban J connectivity index is 2.43. The van der Waals surface area contributed by atoms with E-state index >= 15 is 0 Å². The van der Waals surface area contributed by atoms with E-state index < -0.39 is 17.2 Å². The predicted molar refractivity (Wildman–Crippen MR) is 63.4 cm³/mol. The Morgan fingerprint density at radius 2 is 2.11 bits per heavy atom. The molecule has 1 aliphatic rings. The highest BCUT2D eigenvalue weighted by Crippen LogP contribution is 2.36. The van der Waals surface area contributed by atoms with E-state index in [1.165, 1.54) is 24.4 Å². The highest BCUT2D eigenvalue weighted by molar-refractivity contribution is 5.92. The molecule has 1 aliphatic carbocycles. The van der Waals surface area contributed by atoms with Gasteiger partial charge in [0.15, 0.2) is 0 Å². The van der Waals surface area contributed by atoms with Crippen LogP contribution in [0, 0.1) is 5.82 Å². The van der Waals surface area contributed by atoms with Crippen LogP contribution in [0.3, 0.4) is 0 Å². The molecule has 1 fully saturated rings. The molecule has 1 aromatic heterocycles. The zero-order valence-electron chi connectivity index (χ0n) is 9.39. The van der Waals surface area contributed by atoms with Gasteiger partial charge in [-0.1, -0.05) is 0 Å². The Morgan fingerprint density at radius 1 is 1.39 bits per heavy atom. The first-order chi connectivity index (χ1) is 8.58. The van der Waals surface area contributed by atoms with E-state index in [4.69, 9.17) is 5.11 Å². The van der Waals surface area contributed by atoms with E-state index in [1.54, 1.807) is 4.57 Å². The van der Waals surface area contributed by atoms with Crippen molar-refractivity contribution in [2.75, 3.05) is 0 Å². The van der Waals surface area contributed by atoms with Crippen molar-refractivity contribution < 1.29 is 14.3 Å². The number of carboxylic acids is 1. The van der Waals surface area contributed by atoms with E-state index in [1.807, 2.05) is 0 Å². The van der Waals surface area contributed by atoms with Crippen molar-refractivity contribution in [1.82, 2.24) is 4.57 Å². The van der Waals surface area contributed by atoms with Crippen LogP contribution in [0.1, 0.15) is 29.2 Å². The molecule has 2 aromatic rings. The highest BCUT2D eigenvalue weighted by Gasteiger charge is 2.26. The van der Waals surface area contributed by atoms with Crippen LogP contribution >= 0.6 is 0 Å². The summed E-state index contributed by atoms with van der Waals surface area (Å²) in [5, 5.41) is 9.27. The minimum Gasteiger partial charge on any atom is -0.477 e. The van der Waals surface area contributed by atoms with Gasteiger partial charge in [-0.2, -0.15) is 0 Å². The van der Waals surface area contributed by atoms with Gasteiger partial charge in [0, 0.05) is 17.6 Å². The molecule has 3 rings (SSSR count). The molecule has 5 heteroatoms. The number of hydrogen-bond acceptors (Lipinski definition) is 2. The molecule has 1 heterocycles. The van der Waals surface area contributed by atoms with Crippen LogP contribution in [0.15, 0.2) is 29.2 Å². The number of carbonyl (C=O) groups is 1. The third kappa shape index (κ3) is 1.59. The average molecular weight is 247 g/mol. The van der Waals surface area contributed by atoms with Gasteiger partial charge in [-0.05, 0) is 31.0 Å². The average Bonchev–Trinajstić information content (AvgIpc) is 3.13. The lowest BCUT2D eigenvalue weighted by atomic mass is 10.1. The minimum atomic E-state index is -1.25. The van der Waals surface area contributed by atoms with Gasteiger partial charge in [-0.3, -0.25) is 4.79 Å². The number of aromatic nitrogens is 1. The monoisotopic (exact) mass is 247 g/mol. The number of halogens is 1. The highest BCUT2D eigenvalue weighted by atomic mass is 19.1. The fourth-order valence-electron chi connectivity index (χ4n) is 2.13. The quantitative estimate of drug-likeness (QED) is 0.884. The van der Waals surface area contributed by atoms with Gasteiger partial charge < -0.3 is 9.67 Å². The van der Waals surface area contributed by atoms with Gasteiger partial charge in [0.1, 0.15) is 11.4 Å². The maximum atomic E-state index is 13.3.